The van der Waals surface area contributed by atoms with Gasteiger partial charge in [0.15, 0.2) is 9.84 Å². The highest BCUT2D eigenvalue weighted by Gasteiger charge is 2.23. The summed E-state index contributed by atoms with van der Waals surface area (Å²) in [5.74, 6) is 0.621. The molecule has 1 aliphatic heterocycles. The van der Waals surface area contributed by atoms with Crippen molar-refractivity contribution in [3.05, 3.63) is 71.8 Å². The number of aromatic amines is 1. The molecule has 10 heteroatoms. The number of halogens is 2. The van der Waals surface area contributed by atoms with Crippen molar-refractivity contribution in [1.82, 2.24) is 14.5 Å². The summed E-state index contributed by atoms with van der Waals surface area (Å²) in [6.45, 7) is 6.38. The first kappa shape index (κ1) is 26.1. The minimum Gasteiger partial charge on any atom is -0.307 e. The highest BCUT2D eigenvalue weighted by molar-refractivity contribution is 9.10. The second-order valence-corrected chi connectivity index (χ2v) is 12.7. The molecule has 1 N–H and O–H groups in total. The van der Waals surface area contributed by atoms with Crippen molar-refractivity contribution < 1.29 is 8.42 Å². The first-order chi connectivity index (χ1) is 16.6. The normalized spacial score (nSPS) is 16.9. The molecule has 7 nitrogen and oxygen atoms in total. The molecule has 4 rings (SSSR count). The van der Waals surface area contributed by atoms with Crippen LogP contribution in [0.15, 0.2) is 49.3 Å². The molecule has 2 aromatic carbocycles. The van der Waals surface area contributed by atoms with Crippen molar-refractivity contribution in [2.75, 3.05) is 18.8 Å². The number of nitrogens with one attached hydrogen (secondary N) is 1. The molecule has 1 aromatic heterocycles. The zero-order chi connectivity index (χ0) is 25.3. The van der Waals surface area contributed by atoms with Crippen LogP contribution in [0.25, 0.3) is 10.9 Å². The second kappa shape index (κ2) is 10.6. The summed E-state index contributed by atoms with van der Waals surface area (Å²) in [5.41, 5.74) is 0.692. The van der Waals surface area contributed by atoms with Crippen LogP contribution in [0.5, 0.6) is 0 Å². The first-order valence-corrected chi connectivity index (χ1v) is 14.6. The molecule has 3 aromatic rings. The van der Waals surface area contributed by atoms with E-state index in [-0.39, 0.29) is 17.2 Å². The average molecular weight is 583 g/mol. The average Bonchev–Trinajstić information content (AvgIpc) is 3.25. The Morgan fingerprint density at radius 2 is 1.89 bits per heavy atom. The molecule has 35 heavy (non-hydrogen) atoms. The number of aromatic nitrogens is 2. The monoisotopic (exact) mass is 581 g/mol. The minimum absolute atomic E-state index is 0.0688. The molecule has 0 amide bonds. The van der Waals surface area contributed by atoms with Gasteiger partial charge >= 0.3 is 5.69 Å². The maximum Gasteiger partial charge on any atom is 0.329 e. The maximum absolute atomic E-state index is 13.3. The van der Waals surface area contributed by atoms with E-state index in [1.165, 1.54) is 37.5 Å². The number of fused-ring (bicyclic) bond motifs is 1. The minimum atomic E-state index is -3.56. The molecule has 0 aliphatic carbocycles. The predicted octanol–water partition coefficient (Wildman–Crippen LogP) is 4.57. The van der Waals surface area contributed by atoms with Gasteiger partial charge in [-0.05, 0) is 66.8 Å². The van der Waals surface area contributed by atoms with Gasteiger partial charge in [-0.1, -0.05) is 47.8 Å². The van der Waals surface area contributed by atoms with Gasteiger partial charge in [0.1, 0.15) is 0 Å². The summed E-state index contributed by atoms with van der Waals surface area (Å²) in [6, 6.07) is 7.99. The molecule has 0 spiro atoms. The van der Waals surface area contributed by atoms with Crippen LogP contribution in [0.1, 0.15) is 44.2 Å². The predicted molar refractivity (Wildman–Crippen MR) is 143 cm³/mol. The number of hydrogen-bond acceptors (Lipinski definition) is 5. The summed E-state index contributed by atoms with van der Waals surface area (Å²) < 4.78 is 26.9. The molecule has 0 unspecified atom stereocenters. The van der Waals surface area contributed by atoms with Gasteiger partial charge in [-0.2, -0.15) is 0 Å². The third-order valence-electron chi connectivity index (χ3n) is 6.68. The molecule has 0 bridgehead atoms. The summed E-state index contributed by atoms with van der Waals surface area (Å²) in [6.07, 6.45) is 3.61. The highest BCUT2D eigenvalue weighted by atomic mass is 79.9. The lowest BCUT2D eigenvalue weighted by molar-refractivity contribution is 0.312. The van der Waals surface area contributed by atoms with Crippen molar-refractivity contribution in [1.29, 1.82) is 0 Å². The van der Waals surface area contributed by atoms with E-state index in [0.29, 0.717) is 21.5 Å². The van der Waals surface area contributed by atoms with Crippen LogP contribution >= 0.6 is 27.5 Å². The summed E-state index contributed by atoms with van der Waals surface area (Å²) >= 11 is 9.71. The summed E-state index contributed by atoms with van der Waals surface area (Å²) in [4.78, 5) is 31.5. The van der Waals surface area contributed by atoms with Crippen molar-refractivity contribution in [2.45, 2.75) is 51.1 Å². The highest BCUT2D eigenvalue weighted by Crippen LogP contribution is 2.27. The molecule has 1 atom stereocenters. The maximum atomic E-state index is 13.3. The molecule has 1 fully saturated rings. The van der Waals surface area contributed by atoms with Crippen LogP contribution in [0.2, 0.25) is 5.02 Å². The first-order valence-electron chi connectivity index (χ1n) is 11.8. The Kier molecular flexibility index (Phi) is 7.90. The van der Waals surface area contributed by atoms with E-state index in [2.05, 4.69) is 32.7 Å². The Morgan fingerprint density at radius 1 is 1.11 bits per heavy atom. The van der Waals surface area contributed by atoms with E-state index >= 15 is 0 Å². The fraction of sp³-hybridized carbons (Fsp3) is 0.440. The number of sulfone groups is 1. The Balaban J connectivity index is 1.70. The smallest absolute Gasteiger partial charge is 0.307 e. The molecular formula is C25H29BrClN3O4S. The van der Waals surface area contributed by atoms with Gasteiger partial charge in [0.05, 0.1) is 28.1 Å². The number of hydrogen-bond donors (Lipinski definition) is 1. The Bertz CT molecular complexity index is 1480. The van der Waals surface area contributed by atoms with Crippen LogP contribution in [0.4, 0.5) is 0 Å². The van der Waals surface area contributed by atoms with Gasteiger partial charge in [0.25, 0.3) is 5.56 Å². The van der Waals surface area contributed by atoms with Gasteiger partial charge in [0, 0.05) is 22.6 Å². The fourth-order valence-electron chi connectivity index (χ4n) is 4.83. The van der Waals surface area contributed by atoms with Gasteiger partial charge < -0.3 is 4.98 Å². The molecule has 2 heterocycles. The third-order valence-corrected chi connectivity index (χ3v) is 9.48. The van der Waals surface area contributed by atoms with E-state index in [0.717, 1.165) is 40.2 Å². The van der Waals surface area contributed by atoms with Crippen LogP contribution in [0, 0.1) is 5.92 Å². The topological polar surface area (TPSA) is 92.2 Å². The molecule has 1 aliphatic rings. The molecule has 0 saturated carbocycles. The number of likely N-dealkylation sites (tertiary alicyclic amines) is 1. The Morgan fingerprint density at radius 3 is 2.60 bits per heavy atom. The lowest BCUT2D eigenvalue weighted by Gasteiger charge is -2.18. The fourth-order valence-corrected chi connectivity index (χ4v) is 6.60. The lowest BCUT2D eigenvalue weighted by Crippen LogP contribution is -2.35. The standard InChI is InChI=1S/C25H29BrClN3O4S/c1-3-5-16-8-9-29(13-16)14-17-11-22-20(12-21(17)26)24(31)30(25(32)28-22)15-18-10-19(27)6-7-23(18)35(33,34)4-2/h6-7,10-12,16H,3-5,8-9,13-15H2,1-2H3,(H,28,32)/t16-/m1/s1. The Labute approximate surface area is 218 Å². The Hall–Kier alpha value is -1.94. The van der Waals surface area contributed by atoms with Crippen molar-refractivity contribution in [2.24, 2.45) is 5.92 Å². The second-order valence-electron chi connectivity index (χ2n) is 9.14. The van der Waals surface area contributed by atoms with Crippen molar-refractivity contribution in [3.8, 4) is 0 Å². The molecular weight excluding hydrogens is 554 g/mol. The number of H-pyrrole nitrogens is 1. The number of nitrogens with zero attached hydrogens (tertiary/aromatic N) is 2. The summed E-state index contributed by atoms with van der Waals surface area (Å²) in [5, 5.41) is 0.684. The molecule has 0 radical (unpaired) electrons. The van der Waals surface area contributed by atoms with E-state index in [9.17, 15) is 18.0 Å². The largest absolute Gasteiger partial charge is 0.329 e. The number of benzene rings is 2. The number of rotatable bonds is 8. The molecule has 188 valence electrons. The van der Waals surface area contributed by atoms with Crippen molar-refractivity contribution >= 4 is 48.3 Å². The zero-order valence-electron chi connectivity index (χ0n) is 19.8. The third kappa shape index (κ3) is 5.58. The van der Waals surface area contributed by atoms with Crippen LogP contribution in [-0.4, -0.2) is 41.7 Å². The van der Waals surface area contributed by atoms with Gasteiger partial charge in [-0.25, -0.2) is 13.2 Å². The lowest BCUT2D eigenvalue weighted by atomic mass is 10.0. The van der Waals surface area contributed by atoms with Gasteiger partial charge in [0.2, 0.25) is 0 Å². The van der Waals surface area contributed by atoms with E-state index in [4.69, 9.17) is 11.6 Å². The van der Waals surface area contributed by atoms with Gasteiger partial charge in [-0.3, -0.25) is 14.3 Å². The zero-order valence-corrected chi connectivity index (χ0v) is 23.0. The van der Waals surface area contributed by atoms with E-state index < -0.39 is 21.1 Å². The summed E-state index contributed by atoms with van der Waals surface area (Å²) in [7, 11) is -3.56. The van der Waals surface area contributed by atoms with E-state index in [1.807, 2.05) is 6.07 Å². The SMILES string of the molecule is CCC[C@@H]1CCN(Cc2cc3[nH]c(=O)n(Cc4cc(Cl)ccc4S(=O)(=O)CC)c(=O)c3cc2Br)C1. The van der Waals surface area contributed by atoms with Crippen LogP contribution in [0.3, 0.4) is 0 Å². The molecule has 1 saturated heterocycles. The van der Waals surface area contributed by atoms with Crippen LogP contribution in [-0.2, 0) is 22.9 Å². The van der Waals surface area contributed by atoms with E-state index in [1.54, 1.807) is 13.0 Å². The van der Waals surface area contributed by atoms with Gasteiger partial charge in [-0.15, -0.1) is 0 Å². The van der Waals surface area contributed by atoms with Crippen LogP contribution < -0.4 is 11.2 Å². The quantitative estimate of drug-likeness (QED) is 0.420. The van der Waals surface area contributed by atoms with Crippen molar-refractivity contribution in [3.63, 3.8) is 0 Å².